The third-order valence-electron chi connectivity index (χ3n) is 3.44. The lowest BCUT2D eigenvalue weighted by molar-refractivity contribution is 0.0741. The molecule has 4 heteroatoms. The first-order valence-corrected chi connectivity index (χ1v) is 7.46. The van der Waals surface area contributed by atoms with Gasteiger partial charge in [0.15, 0.2) is 0 Å². The van der Waals surface area contributed by atoms with E-state index in [2.05, 4.69) is 6.07 Å². The molecule has 20 heavy (non-hydrogen) atoms. The second-order valence-corrected chi connectivity index (χ2v) is 6.10. The number of rotatable bonds is 4. The predicted octanol–water partition coefficient (Wildman–Crippen LogP) is 3.47. The van der Waals surface area contributed by atoms with Gasteiger partial charge in [-0.25, -0.2) is 0 Å². The highest BCUT2D eigenvalue weighted by atomic mass is 32.1. The van der Waals surface area contributed by atoms with Gasteiger partial charge in [0, 0.05) is 24.4 Å². The van der Waals surface area contributed by atoms with Gasteiger partial charge in [0.05, 0.1) is 5.56 Å². The normalized spacial score (nSPS) is 12.2. The lowest BCUT2D eigenvalue weighted by atomic mass is 10.1. The first-order valence-electron chi connectivity index (χ1n) is 6.58. The third kappa shape index (κ3) is 3.20. The molecule has 3 nitrogen and oxygen atoms in total. The molecule has 0 saturated heterocycles. The van der Waals surface area contributed by atoms with Crippen molar-refractivity contribution in [1.82, 2.24) is 4.90 Å². The number of likely N-dealkylation sites (N-methyl/N-ethyl adjacent to an activating group) is 1. The number of amides is 1. The summed E-state index contributed by atoms with van der Waals surface area (Å²) in [6.45, 7) is 3.90. The van der Waals surface area contributed by atoms with Gasteiger partial charge >= 0.3 is 0 Å². The molecule has 1 unspecified atom stereocenters. The fraction of sp³-hybridized carbons (Fsp3) is 0.312. The van der Waals surface area contributed by atoms with E-state index in [1.165, 1.54) is 4.88 Å². The lowest BCUT2D eigenvalue weighted by Gasteiger charge is -2.25. The number of aryl methyl sites for hydroxylation is 1. The summed E-state index contributed by atoms with van der Waals surface area (Å²) in [6.07, 6.45) is 0.826. The minimum Gasteiger partial charge on any atom is -0.507 e. The number of nitrogens with zero attached hydrogens (tertiary/aromatic N) is 1. The van der Waals surface area contributed by atoms with E-state index in [0.717, 1.165) is 12.0 Å². The Kier molecular flexibility index (Phi) is 4.45. The first kappa shape index (κ1) is 14.6. The number of thiophene rings is 1. The summed E-state index contributed by atoms with van der Waals surface area (Å²) in [5.41, 5.74) is 1.30. The van der Waals surface area contributed by atoms with E-state index in [0.29, 0.717) is 5.56 Å². The van der Waals surface area contributed by atoms with Crippen molar-refractivity contribution in [1.29, 1.82) is 0 Å². The molecular formula is C16H19NO2S. The van der Waals surface area contributed by atoms with E-state index >= 15 is 0 Å². The summed E-state index contributed by atoms with van der Waals surface area (Å²) in [5, 5.41) is 11.9. The summed E-state index contributed by atoms with van der Waals surface area (Å²) >= 11 is 1.69. The smallest absolute Gasteiger partial charge is 0.257 e. The van der Waals surface area contributed by atoms with Crippen molar-refractivity contribution in [3.8, 4) is 5.75 Å². The van der Waals surface area contributed by atoms with Crippen LogP contribution < -0.4 is 0 Å². The van der Waals surface area contributed by atoms with Crippen LogP contribution >= 0.6 is 11.3 Å². The molecule has 0 bridgehead atoms. The van der Waals surface area contributed by atoms with Gasteiger partial charge in [-0.15, -0.1) is 11.3 Å². The Morgan fingerprint density at radius 1 is 1.40 bits per heavy atom. The Bertz CT molecular complexity index is 593. The summed E-state index contributed by atoms with van der Waals surface area (Å²) in [6, 6.07) is 9.31. The fourth-order valence-electron chi connectivity index (χ4n) is 2.07. The summed E-state index contributed by atoms with van der Waals surface area (Å²) in [7, 11) is 1.78. The van der Waals surface area contributed by atoms with Gasteiger partial charge in [0.2, 0.25) is 0 Å². The molecule has 1 amide bonds. The van der Waals surface area contributed by atoms with Crippen molar-refractivity contribution < 1.29 is 9.90 Å². The van der Waals surface area contributed by atoms with Crippen LogP contribution in [0.3, 0.4) is 0 Å². The maximum atomic E-state index is 12.4. The number of hydrogen-bond acceptors (Lipinski definition) is 3. The average Bonchev–Trinajstić information content (AvgIpc) is 2.90. The monoisotopic (exact) mass is 289 g/mol. The zero-order valence-corrected chi connectivity index (χ0v) is 12.8. The highest BCUT2D eigenvalue weighted by Crippen LogP contribution is 2.21. The summed E-state index contributed by atoms with van der Waals surface area (Å²) in [5.74, 6) is -0.100. The predicted molar refractivity (Wildman–Crippen MR) is 82.4 cm³/mol. The van der Waals surface area contributed by atoms with E-state index in [1.54, 1.807) is 35.4 Å². The molecule has 1 atom stereocenters. The van der Waals surface area contributed by atoms with E-state index in [9.17, 15) is 9.90 Å². The van der Waals surface area contributed by atoms with Crippen molar-refractivity contribution >= 4 is 17.2 Å². The SMILES string of the molecule is Cc1ccc(C(=O)N(C)C(C)Cc2cccs2)c(O)c1. The van der Waals surface area contributed by atoms with Crippen LogP contribution in [0, 0.1) is 6.92 Å². The van der Waals surface area contributed by atoms with Crippen molar-refractivity contribution in [3.63, 3.8) is 0 Å². The van der Waals surface area contributed by atoms with E-state index in [-0.39, 0.29) is 17.7 Å². The minimum absolute atomic E-state index is 0.0465. The highest BCUT2D eigenvalue weighted by Gasteiger charge is 2.20. The molecular weight excluding hydrogens is 270 g/mol. The van der Waals surface area contributed by atoms with Crippen LogP contribution in [-0.4, -0.2) is 29.0 Å². The number of carbonyl (C=O) groups is 1. The number of hydrogen-bond donors (Lipinski definition) is 1. The van der Waals surface area contributed by atoms with Crippen LogP contribution in [0.1, 0.15) is 27.7 Å². The number of carbonyl (C=O) groups excluding carboxylic acids is 1. The zero-order chi connectivity index (χ0) is 14.7. The number of aromatic hydroxyl groups is 1. The van der Waals surface area contributed by atoms with Gasteiger partial charge in [0.1, 0.15) is 5.75 Å². The fourth-order valence-corrected chi connectivity index (χ4v) is 2.90. The van der Waals surface area contributed by atoms with Gasteiger partial charge in [-0.1, -0.05) is 12.1 Å². The molecule has 0 saturated carbocycles. The molecule has 1 N–H and O–H groups in total. The van der Waals surface area contributed by atoms with Crippen molar-refractivity contribution in [3.05, 3.63) is 51.7 Å². The van der Waals surface area contributed by atoms with Crippen LogP contribution in [0.5, 0.6) is 5.75 Å². The van der Waals surface area contributed by atoms with Gasteiger partial charge in [0.25, 0.3) is 5.91 Å². The minimum atomic E-state index is -0.147. The molecule has 0 aliphatic rings. The quantitative estimate of drug-likeness (QED) is 0.936. The molecule has 0 aliphatic carbocycles. The largest absolute Gasteiger partial charge is 0.507 e. The van der Waals surface area contributed by atoms with Gasteiger partial charge < -0.3 is 10.0 Å². The van der Waals surface area contributed by atoms with Crippen molar-refractivity contribution in [2.75, 3.05) is 7.05 Å². The molecule has 0 spiro atoms. The second kappa shape index (κ2) is 6.09. The van der Waals surface area contributed by atoms with Crippen LogP contribution in [0.2, 0.25) is 0 Å². The van der Waals surface area contributed by atoms with Crippen LogP contribution in [0.25, 0.3) is 0 Å². The highest BCUT2D eigenvalue weighted by molar-refractivity contribution is 7.09. The van der Waals surface area contributed by atoms with E-state index in [4.69, 9.17) is 0 Å². The number of phenolic OH excluding ortho intramolecular Hbond substituents is 1. The Balaban J connectivity index is 2.11. The second-order valence-electron chi connectivity index (χ2n) is 5.07. The van der Waals surface area contributed by atoms with Crippen LogP contribution in [0.15, 0.2) is 35.7 Å². The molecule has 106 valence electrons. The Morgan fingerprint density at radius 2 is 2.15 bits per heavy atom. The Labute approximate surface area is 123 Å². The number of phenols is 1. The van der Waals surface area contributed by atoms with Gasteiger partial charge in [-0.3, -0.25) is 4.79 Å². The van der Waals surface area contributed by atoms with Gasteiger partial charge in [-0.2, -0.15) is 0 Å². The standard InChI is InChI=1S/C16H19NO2S/c1-11-6-7-14(15(18)9-11)16(19)17(3)12(2)10-13-5-4-8-20-13/h4-9,12,18H,10H2,1-3H3. The summed E-state index contributed by atoms with van der Waals surface area (Å²) in [4.78, 5) is 15.4. The molecule has 2 aromatic rings. The Hall–Kier alpha value is -1.81. The Morgan fingerprint density at radius 3 is 2.75 bits per heavy atom. The molecule has 0 radical (unpaired) electrons. The lowest BCUT2D eigenvalue weighted by Crippen LogP contribution is -2.36. The number of benzene rings is 1. The first-order chi connectivity index (χ1) is 9.49. The maximum absolute atomic E-state index is 12.4. The van der Waals surface area contributed by atoms with Crippen LogP contribution in [0.4, 0.5) is 0 Å². The zero-order valence-electron chi connectivity index (χ0n) is 12.0. The third-order valence-corrected chi connectivity index (χ3v) is 4.34. The summed E-state index contributed by atoms with van der Waals surface area (Å²) < 4.78 is 0. The van der Waals surface area contributed by atoms with Crippen molar-refractivity contribution in [2.45, 2.75) is 26.3 Å². The topological polar surface area (TPSA) is 40.5 Å². The van der Waals surface area contributed by atoms with Gasteiger partial charge in [-0.05, 0) is 43.0 Å². The van der Waals surface area contributed by atoms with E-state index in [1.807, 2.05) is 31.4 Å². The molecule has 2 rings (SSSR count). The molecule has 1 aromatic carbocycles. The molecule has 1 aromatic heterocycles. The molecule has 1 heterocycles. The van der Waals surface area contributed by atoms with Crippen molar-refractivity contribution in [2.24, 2.45) is 0 Å². The molecule has 0 fully saturated rings. The average molecular weight is 289 g/mol. The maximum Gasteiger partial charge on any atom is 0.257 e. The van der Waals surface area contributed by atoms with Crippen LogP contribution in [-0.2, 0) is 6.42 Å². The molecule has 0 aliphatic heterocycles. The van der Waals surface area contributed by atoms with E-state index < -0.39 is 0 Å².